The van der Waals surface area contributed by atoms with Crippen LogP contribution in [0.15, 0.2) is 12.1 Å². The normalized spacial score (nSPS) is 27.5. The fourth-order valence-electron chi connectivity index (χ4n) is 5.91. The third kappa shape index (κ3) is 4.83. The summed E-state index contributed by atoms with van der Waals surface area (Å²) in [6.45, 7) is 0. The summed E-state index contributed by atoms with van der Waals surface area (Å²) in [7, 11) is -3.46. The molecule has 5 nitrogen and oxygen atoms in total. The molecule has 1 saturated carbocycles. The van der Waals surface area contributed by atoms with Crippen molar-refractivity contribution in [2.75, 3.05) is 5.75 Å². The van der Waals surface area contributed by atoms with E-state index in [1.54, 1.807) is 4.90 Å². The van der Waals surface area contributed by atoms with E-state index < -0.39 is 44.3 Å². The highest BCUT2D eigenvalue weighted by Crippen LogP contribution is 2.40. The van der Waals surface area contributed by atoms with Crippen LogP contribution < -0.4 is 5.73 Å². The van der Waals surface area contributed by atoms with Gasteiger partial charge in [-0.15, -0.1) is 0 Å². The van der Waals surface area contributed by atoms with E-state index >= 15 is 0 Å². The van der Waals surface area contributed by atoms with Crippen LogP contribution in [0.5, 0.6) is 0 Å². The summed E-state index contributed by atoms with van der Waals surface area (Å²) in [6.07, 6.45) is 7.00. The van der Waals surface area contributed by atoms with E-state index in [-0.39, 0.29) is 35.9 Å². The van der Waals surface area contributed by atoms with Gasteiger partial charge < -0.3 is 10.6 Å². The molecule has 0 aromatic heterocycles. The van der Waals surface area contributed by atoms with Gasteiger partial charge in [0.25, 0.3) is 0 Å². The zero-order valence-electron chi connectivity index (χ0n) is 18.1. The van der Waals surface area contributed by atoms with E-state index in [0.717, 1.165) is 38.2 Å². The van der Waals surface area contributed by atoms with Crippen LogP contribution in [-0.4, -0.2) is 48.4 Å². The SMILES string of the molecule is NC(Cc1cc(F)c(F)cc1F)C1CC2CCC(C1)N2C(=O)CS(=O)(=O)C1CCCCC1. The first-order chi connectivity index (χ1) is 15.2. The summed E-state index contributed by atoms with van der Waals surface area (Å²) in [5, 5.41) is -0.408. The first-order valence-electron chi connectivity index (χ1n) is 11.6. The minimum absolute atomic E-state index is 0.000911. The van der Waals surface area contributed by atoms with Crippen molar-refractivity contribution in [2.24, 2.45) is 11.7 Å². The number of piperidine rings is 1. The molecule has 3 atom stereocenters. The molecule has 2 aliphatic heterocycles. The zero-order valence-corrected chi connectivity index (χ0v) is 18.9. The summed E-state index contributed by atoms with van der Waals surface area (Å²) in [6, 6.07) is 0.784. The lowest BCUT2D eigenvalue weighted by molar-refractivity contribution is -0.133. The molecule has 1 aromatic rings. The number of amides is 1. The van der Waals surface area contributed by atoms with Gasteiger partial charge in [0.15, 0.2) is 21.5 Å². The highest BCUT2D eigenvalue weighted by Gasteiger charge is 2.45. The number of rotatable bonds is 6. The molecule has 1 aromatic carbocycles. The minimum atomic E-state index is -3.46. The largest absolute Gasteiger partial charge is 0.336 e. The highest BCUT2D eigenvalue weighted by molar-refractivity contribution is 7.92. The van der Waals surface area contributed by atoms with Crippen LogP contribution in [-0.2, 0) is 21.1 Å². The minimum Gasteiger partial charge on any atom is -0.336 e. The molecule has 0 radical (unpaired) electrons. The Morgan fingerprint density at radius 2 is 1.56 bits per heavy atom. The van der Waals surface area contributed by atoms with Gasteiger partial charge in [0.1, 0.15) is 11.6 Å². The van der Waals surface area contributed by atoms with Gasteiger partial charge in [0.05, 0.1) is 5.25 Å². The van der Waals surface area contributed by atoms with Gasteiger partial charge in [-0.25, -0.2) is 21.6 Å². The number of carbonyl (C=O) groups excluding carboxylic acids is 1. The topological polar surface area (TPSA) is 80.5 Å². The van der Waals surface area contributed by atoms with Gasteiger partial charge in [-0.05, 0) is 62.5 Å². The molecular formula is C23H31F3N2O3S. The molecular weight excluding hydrogens is 441 g/mol. The lowest BCUT2D eigenvalue weighted by Crippen LogP contribution is -2.52. The van der Waals surface area contributed by atoms with Gasteiger partial charge in [-0.3, -0.25) is 4.79 Å². The van der Waals surface area contributed by atoms with Crippen LogP contribution in [0.4, 0.5) is 13.2 Å². The third-order valence-electron chi connectivity index (χ3n) is 7.59. The Morgan fingerprint density at radius 3 is 2.19 bits per heavy atom. The number of nitrogens with zero attached hydrogens (tertiary/aromatic N) is 1. The van der Waals surface area contributed by atoms with Crippen molar-refractivity contribution in [3.63, 3.8) is 0 Å². The van der Waals surface area contributed by atoms with Crippen molar-refractivity contribution < 1.29 is 26.4 Å². The van der Waals surface area contributed by atoms with Crippen LogP contribution in [0, 0.1) is 23.4 Å². The van der Waals surface area contributed by atoms with Crippen LogP contribution in [0.2, 0.25) is 0 Å². The Morgan fingerprint density at radius 1 is 0.969 bits per heavy atom. The Balaban J connectivity index is 1.39. The second kappa shape index (κ2) is 9.33. The Labute approximate surface area is 187 Å². The third-order valence-corrected chi connectivity index (χ3v) is 9.73. The van der Waals surface area contributed by atoms with Gasteiger partial charge in [-0.2, -0.15) is 0 Å². The number of fused-ring (bicyclic) bond motifs is 2. The molecule has 2 N–H and O–H groups in total. The van der Waals surface area contributed by atoms with Crippen molar-refractivity contribution in [1.29, 1.82) is 0 Å². The van der Waals surface area contributed by atoms with Crippen molar-refractivity contribution in [3.8, 4) is 0 Å². The number of hydrogen-bond acceptors (Lipinski definition) is 4. The number of benzene rings is 1. The predicted molar refractivity (Wildman–Crippen MR) is 115 cm³/mol. The monoisotopic (exact) mass is 472 g/mol. The van der Waals surface area contributed by atoms with E-state index in [2.05, 4.69) is 0 Å². The molecule has 3 fully saturated rings. The van der Waals surface area contributed by atoms with Crippen LogP contribution in [0.1, 0.15) is 63.4 Å². The molecule has 3 unspecified atom stereocenters. The van der Waals surface area contributed by atoms with E-state index in [1.807, 2.05) is 0 Å². The van der Waals surface area contributed by atoms with Gasteiger partial charge in [-0.1, -0.05) is 19.3 Å². The van der Waals surface area contributed by atoms with Crippen molar-refractivity contribution >= 4 is 15.7 Å². The summed E-state index contributed by atoms with van der Waals surface area (Å²) in [4.78, 5) is 14.7. The number of sulfone groups is 1. The van der Waals surface area contributed by atoms with Crippen LogP contribution in [0.3, 0.4) is 0 Å². The summed E-state index contributed by atoms with van der Waals surface area (Å²) in [5.41, 5.74) is 6.37. The first-order valence-corrected chi connectivity index (χ1v) is 13.3. The fourth-order valence-corrected chi connectivity index (χ4v) is 7.69. The van der Waals surface area contributed by atoms with Gasteiger partial charge in [0, 0.05) is 24.2 Å². The Hall–Kier alpha value is -1.61. The van der Waals surface area contributed by atoms with E-state index in [4.69, 9.17) is 5.73 Å². The standard InChI is InChI=1S/C23H31F3N2O3S/c24-19-12-21(26)20(25)10-14(19)11-22(27)15-8-16-6-7-17(9-15)28(16)23(29)13-32(30,31)18-4-2-1-3-5-18/h10,12,15-18,22H,1-9,11,13,27H2. The second-order valence-electron chi connectivity index (χ2n) is 9.71. The Bertz CT molecular complexity index is 951. The number of nitrogens with two attached hydrogens (primary N) is 1. The lowest BCUT2D eigenvalue weighted by Gasteiger charge is -2.41. The maximum Gasteiger partial charge on any atom is 0.238 e. The van der Waals surface area contributed by atoms with Crippen molar-refractivity contribution in [3.05, 3.63) is 35.1 Å². The average Bonchev–Trinajstić information content (AvgIpc) is 3.02. The molecule has 178 valence electrons. The zero-order chi connectivity index (χ0) is 23.0. The van der Waals surface area contributed by atoms with Crippen molar-refractivity contribution in [1.82, 2.24) is 4.90 Å². The van der Waals surface area contributed by atoms with Gasteiger partial charge in [0.2, 0.25) is 5.91 Å². The molecule has 0 spiro atoms. The quantitative estimate of drug-likeness (QED) is 0.643. The molecule has 3 aliphatic rings. The summed E-state index contributed by atoms with van der Waals surface area (Å²) in [5.74, 6) is -3.90. The first kappa shape index (κ1) is 23.5. The molecule has 4 rings (SSSR count). The number of carbonyl (C=O) groups is 1. The maximum atomic E-state index is 14.0. The maximum absolute atomic E-state index is 14.0. The molecule has 32 heavy (non-hydrogen) atoms. The Kier molecular flexibility index (Phi) is 6.86. The highest BCUT2D eigenvalue weighted by atomic mass is 32.2. The molecule has 2 heterocycles. The summed E-state index contributed by atoms with van der Waals surface area (Å²) >= 11 is 0. The number of halogens is 3. The fraction of sp³-hybridized carbons (Fsp3) is 0.696. The average molecular weight is 473 g/mol. The van der Waals surface area contributed by atoms with Crippen LogP contribution >= 0.6 is 0 Å². The smallest absolute Gasteiger partial charge is 0.238 e. The molecule has 9 heteroatoms. The van der Waals surface area contributed by atoms with Gasteiger partial charge >= 0.3 is 0 Å². The van der Waals surface area contributed by atoms with E-state index in [1.165, 1.54) is 0 Å². The molecule has 2 saturated heterocycles. The molecule has 2 bridgehead atoms. The number of hydrogen-bond donors (Lipinski definition) is 1. The molecule has 1 aliphatic carbocycles. The molecule has 1 amide bonds. The van der Waals surface area contributed by atoms with E-state index in [0.29, 0.717) is 31.7 Å². The summed E-state index contributed by atoms with van der Waals surface area (Å²) < 4.78 is 66.3. The van der Waals surface area contributed by atoms with Crippen molar-refractivity contribution in [2.45, 2.75) is 87.6 Å². The lowest BCUT2D eigenvalue weighted by atomic mass is 9.82. The van der Waals surface area contributed by atoms with E-state index in [9.17, 15) is 26.4 Å². The second-order valence-corrected chi connectivity index (χ2v) is 12.0. The predicted octanol–water partition coefficient (Wildman–Crippen LogP) is 3.49. The van der Waals surface area contributed by atoms with Crippen LogP contribution in [0.25, 0.3) is 0 Å².